The molecule has 0 spiro atoms. The zero-order chi connectivity index (χ0) is 23.0. The number of pyridine rings is 1. The molecule has 1 amide bonds. The largest absolute Gasteiger partial charge is 0.493 e. The van der Waals surface area contributed by atoms with E-state index in [9.17, 15) is 4.79 Å². The predicted molar refractivity (Wildman–Crippen MR) is 125 cm³/mol. The van der Waals surface area contributed by atoms with Crippen LogP contribution in [0.2, 0.25) is 0 Å². The molecule has 0 aliphatic heterocycles. The van der Waals surface area contributed by atoms with Crippen molar-refractivity contribution in [1.29, 1.82) is 0 Å². The summed E-state index contributed by atoms with van der Waals surface area (Å²) in [6, 6.07) is 26.2. The summed E-state index contributed by atoms with van der Waals surface area (Å²) in [5.41, 5.74) is 1.84. The van der Waals surface area contributed by atoms with Gasteiger partial charge in [0.2, 0.25) is 0 Å². The molecule has 4 aromatic rings. The topological polar surface area (TPSA) is 64.8 Å². The molecule has 0 radical (unpaired) electrons. The minimum absolute atomic E-state index is 0.183. The highest BCUT2D eigenvalue weighted by Crippen LogP contribution is 2.28. The molecule has 0 bridgehead atoms. The molecule has 1 unspecified atom stereocenters. The first kappa shape index (κ1) is 22.1. The van der Waals surface area contributed by atoms with Crippen LogP contribution in [0.5, 0.6) is 11.5 Å². The number of amides is 1. The van der Waals surface area contributed by atoms with E-state index in [1.807, 2.05) is 79.7 Å². The standard InChI is InChI=1S/C27H26N2O4/c1-20(23-12-8-9-17-28-23)29(18-21-10-4-3-5-11-21)27(30)26-16-15-22(33-26)19-32-25-14-7-6-13-24(25)31-2/h3-17,20H,18-19H2,1-2H3. The second kappa shape index (κ2) is 10.5. The van der Waals surface area contributed by atoms with Gasteiger partial charge >= 0.3 is 0 Å². The highest BCUT2D eigenvalue weighted by Gasteiger charge is 2.26. The van der Waals surface area contributed by atoms with Crippen molar-refractivity contribution < 1.29 is 18.7 Å². The fraction of sp³-hybridized carbons (Fsp3) is 0.185. The molecular weight excluding hydrogens is 416 g/mol. The van der Waals surface area contributed by atoms with Gasteiger partial charge in [0.15, 0.2) is 17.3 Å². The van der Waals surface area contributed by atoms with Crippen molar-refractivity contribution in [3.63, 3.8) is 0 Å². The number of aromatic nitrogens is 1. The molecule has 2 aromatic carbocycles. The highest BCUT2D eigenvalue weighted by molar-refractivity contribution is 5.91. The lowest BCUT2D eigenvalue weighted by Gasteiger charge is -2.28. The van der Waals surface area contributed by atoms with Gasteiger partial charge in [0.25, 0.3) is 5.91 Å². The minimum Gasteiger partial charge on any atom is -0.493 e. The third kappa shape index (κ3) is 5.41. The van der Waals surface area contributed by atoms with E-state index in [1.165, 1.54) is 0 Å². The van der Waals surface area contributed by atoms with E-state index < -0.39 is 0 Å². The summed E-state index contributed by atoms with van der Waals surface area (Å²) in [7, 11) is 1.59. The molecule has 4 rings (SSSR count). The monoisotopic (exact) mass is 442 g/mol. The van der Waals surface area contributed by atoms with Gasteiger partial charge in [0.1, 0.15) is 12.4 Å². The molecule has 0 aliphatic rings. The van der Waals surface area contributed by atoms with E-state index in [1.54, 1.807) is 30.3 Å². The summed E-state index contributed by atoms with van der Waals surface area (Å²) in [6.07, 6.45) is 1.73. The quantitative estimate of drug-likeness (QED) is 0.334. The third-order valence-electron chi connectivity index (χ3n) is 5.35. The average molecular weight is 443 g/mol. The van der Waals surface area contributed by atoms with Crippen molar-refractivity contribution in [2.45, 2.75) is 26.1 Å². The Kier molecular flexibility index (Phi) is 7.05. The van der Waals surface area contributed by atoms with E-state index in [0.717, 1.165) is 11.3 Å². The van der Waals surface area contributed by atoms with Crippen LogP contribution >= 0.6 is 0 Å². The lowest BCUT2D eigenvalue weighted by Crippen LogP contribution is -2.33. The normalized spacial score (nSPS) is 11.6. The molecule has 2 aromatic heterocycles. The van der Waals surface area contributed by atoms with Crippen LogP contribution in [0.25, 0.3) is 0 Å². The van der Waals surface area contributed by atoms with Crippen molar-refractivity contribution in [2.75, 3.05) is 7.11 Å². The van der Waals surface area contributed by atoms with Gasteiger partial charge in [-0.2, -0.15) is 0 Å². The maximum atomic E-state index is 13.5. The predicted octanol–water partition coefficient (Wildman–Crippen LogP) is 5.67. The second-order valence-corrected chi connectivity index (χ2v) is 7.55. The smallest absolute Gasteiger partial charge is 0.290 e. The molecular formula is C27H26N2O4. The number of ether oxygens (including phenoxy) is 2. The Morgan fingerprint density at radius 3 is 2.39 bits per heavy atom. The Balaban J connectivity index is 1.53. The Morgan fingerprint density at radius 2 is 1.67 bits per heavy atom. The fourth-order valence-corrected chi connectivity index (χ4v) is 3.55. The first-order valence-electron chi connectivity index (χ1n) is 10.8. The van der Waals surface area contributed by atoms with Gasteiger partial charge in [-0.15, -0.1) is 0 Å². The molecule has 2 heterocycles. The molecule has 0 N–H and O–H groups in total. The van der Waals surface area contributed by atoms with Gasteiger partial charge < -0.3 is 18.8 Å². The highest BCUT2D eigenvalue weighted by atomic mass is 16.5. The van der Waals surface area contributed by atoms with Gasteiger partial charge in [0, 0.05) is 12.7 Å². The van der Waals surface area contributed by atoms with Crippen molar-refractivity contribution in [3.8, 4) is 11.5 Å². The van der Waals surface area contributed by atoms with Gasteiger partial charge in [-0.3, -0.25) is 9.78 Å². The zero-order valence-electron chi connectivity index (χ0n) is 18.7. The zero-order valence-corrected chi connectivity index (χ0v) is 18.7. The maximum absolute atomic E-state index is 13.5. The number of para-hydroxylation sites is 2. The molecule has 6 nitrogen and oxygen atoms in total. The van der Waals surface area contributed by atoms with E-state index in [2.05, 4.69) is 4.98 Å². The lowest BCUT2D eigenvalue weighted by atomic mass is 10.1. The SMILES string of the molecule is COc1ccccc1OCc1ccc(C(=O)N(Cc2ccccc2)C(C)c2ccccn2)o1. The van der Waals surface area contributed by atoms with Crippen molar-refractivity contribution >= 4 is 5.91 Å². The number of furan rings is 1. The van der Waals surface area contributed by atoms with E-state index in [4.69, 9.17) is 13.9 Å². The van der Waals surface area contributed by atoms with Crippen LogP contribution in [0.1, 0.15) is 40.5 Å². The number of methoxy groups -OCH3 is 1. The summed E-state index contributed by atoms with van der Waals surface area (Å²) in [6.45, 7) is 2.59. The van der Waals surface area contributed by atoms with Crippen molar-refractivity contribution in [2.24, 2.45) is 0 Å². The van der Waals surface area contributed by atoms with Crippen molar-refractivity contribution in [3.05, 3.63) is 114 Å². The van der Waals surface area contributed by atoms with Crippen LogP contribution < -0.4 is 9.47 Å². The first-order valence-corrected chi connectivity index (χ1v) is 10.8. The Morgan fingerprint density at radius 1 is 0.939 bits per heavy atom. The number of rotatable bonds is 9. The van der Waals surface area contributed by atoms with Crippen LogP contribution in [0.3, 0.4) is 0 Å². The van der Waals surface area contributed by atoms with Gasteiger partial charge in [0.05, 0.1) is 18.8 Å². The van der Waals surface area contributed by atoms with E-state index in [0.29, 0.717) is 23.8 Å². The minimum atomic E-state index is -0.239. The number of carbonyl (C=O) groups excluding carboxylic acids is 1. The van der Waals surface area contributed by atoms with Crippen LogP contribution in [-0.2, 0) is 13.2 Å². The van der Waals surface area contributed by atoms with E-state index >= 15 is 0 Å². The summed E-state index contributed by atoms with van der Waals surface area (Å²) in [5.74, 6) is 1.85. The summed E-state index contributed by atoms with van der Waals surface area (Å²) >= 11 is 0. The summed E-state index contributed by atoms with van der Waals surface area (Å²) < 4.78 is 17.0. The molecule has 0 fully saturated rings. The maximum Gasteiger partial charge on any atom is 0.290 e. The number of nitrogens with zero attached hydrogens (tertiary/aromatic N) is 2. The molecule has 33 heavy (non-hydrogen) atoms. The number of hydrogen-bond donors (Lipinski definition) is 0. The molecule has 168 valence electrons. The number of hydrogen-bond acceptors (Lipinski definition) is 5. The molecule has 0 saturated heterocycles. The average Bonchev–Trinajstić information content (AvgIpc) is 3.35. The number of benzene rings is 2. The Bertz CT molecular complexity index is 1170. The summed E-state index contributed by atoms with van der Waals surface area (Å²) in [5, 5.41) is 0. The second-order valence-electron chi connectivity index (χ2n) is 7.55. The molecule has 1 atom stereocenters. The van der Waals surface area contributed by atoms with Crippen LogP contribution in [0, 0.1) is 0 Å². The van der Waals surface area contributed by atoms with Crippen LogP contribution in [-0.4, -0.2) is 22.9 Å². The molecule has 0 saturated carbocycles. The molecule has 0 aliphatic carbocycles. The molecule has 6 heteroatoms. The lowest BCUT2D eigenvalue weighted by molar-refractivity contribution is 0.0633. The summed E-state index contributed by atoms with van der Waals surface area (Å²) in [4.78, 5) is 19.7. The first-order chi connectivity index (χ1) is 16.2. The van der Waals surface area contributed by atoms with Crippen molar-refractivity contribution in [1.82, 2.24) is 9.88 Å². The van der Waals surface area contributed by atoms with E-state index in [-0.39, 0.29) is 24.3 Å². The van der Waals surface area contributed by atoms with Gasteiger partial charge in [-0.05, 0) is 48.9 Å². The van der Waals surface area contributed by atoms with Gasteiger partial charge in [-0.25, -0.2) is 0 Å². The Labute approximate surface area is 193 Å². The van der Waals surface area contributed by atoms with Gasteiger partial charge in [-0.1, -0.05) is 48.5 Å². The number of carbonyl (C=O) groups is 1. The fourth-order valence-electron chi connectivity index (χ4n) is 3.55. The van der Waals surface area contributed by atoms with Crippen LogP contribution in [0.4, 0.5) is 0 Å². The van der Waals surface area contributed by atoms with Crippen LogP contribution in [0.15, 0.2) is 95.5 Å². The third-order valence-corrected chi connectivity index (χ3v) is 5.35. The Hall–Kier alpha value is -4.06.